The second-order valence-electron chi connectivity index (χ2n) is 17.9. The van der Waals surface area contributed by atoms with Gasteiger partial charge in [-0.3, -0.25) is 24.1 Å². The molecular formula is C50H61N7O6. The molecule has 4 aromatic rings. The van der Waals surface area contributed by atoms with Gasteiger partial charge in [0.05, 0.1) is 7.11 Å². The molecule has 332 valence electrons. The zero-order chi connectivity index (χ0) is 44.5. The first-order valence-electron chi connectivity index (χ1n) is 22.2. The SMILES string of the molecule is COC(=O)N[C@H](C(=O)N1CCC[C@H]1C(=O)Nc1ccc(CN(Cc2ccc(NC(=O)[C@@H]3CCCN3C(=O)[C@@H](c3ccccc3)N3CCCC3)cc2)c2ccccc2)cc1)C(C)(C)C. The highest BCUT2D eigenvalue weighted by Crippen LogP contribution is 2.32. The molecule has 13 heteroatoms. The van der Waals surface area contributed by atoms with E-state index in [4.69, 9.17) is 4.74 Å². The maximum absolute atomic E-state index is 14.2. The van der Waals surface area contributed by atoms with Crippen LogP contribution in [0.3, 0.4) is 0 Å². The average molecular weight is 856 g/mol. The van der Waals surface area contributed by atoms with Gasteiger partial charge in [-0.15, -0.1) is 0 Å². The number of carbonyl (C=O) groups is 5. The standard InChI is InChI=1S/C50H61N7O6/c1-50(2,3)44(53-49(62)63-4)48(61)57-32-14-20-42(57)46(59)52-39-27-23-36(24-28-39)34-55(40-17-9-6-10-18-40)33-35-21-25-38(26-22-35)51-45(58)41-19-13-31-56(41)47(60)43(54-29-11-12-30-54)37-15-7-5-8-16-37/h5-10,15-18,21-28,41-44H,11-14,19-20,29-34H2,1-4H3,(H,51,58)(H,52,59)(H,53,62)/t41-,42-,43+,44+/m0/s1. The summed E-state index contributed by atoms with van der Waals surface area (Å²) < 4.78 is 4.77. The average Bonchev–Trinajstić information content (AvgIpc) is 4.11. The van der Waals surface area contributed by atoms with E-state index >= 15 is 0 Å². The van der Waals surface area contributed by atoms with Gasteiger partial charge in [0.1, 0.15) is 24.2 Å². The summed E-state index contributed by atoms with van der Waals surface area (Å²) in [6.45, 7) is 9.53. The first-order chi connectivity index (χ1) is 30.4. The molecule has 63 heavy (non-hydrogen) atoms. The van der Waals surface area contributed by atoms with Crippen molar-refractivity contribution < 1.29 is 28.7 Å². The van der Waals surface area contributed by atoms with Gasteiger partial charge in [0.25, 0.3) is 0 Å². The van der Waals surface area contributed by atoms with Crippen molar-refractivity contribution in [3.8, 4) is 0 Å². The van der Waals surface area contributed by atoms with E-state index in [1.807, 2.05) is 118 Å². The van der Waals surface area contributed by atoms with Crippen LogP contribution in [-0.4, -0.2) is 95.8 Å². The van der Waals surface area contributed by atoms with Crippen molar-refractivity contribution in [2.45, 2.75) is 96.6 Å². The number of benzene rings is 4. The summed E-state index contributed by atoms with van der Waals surface area (Å²) in [5.41, 5.74) is 4.82. The Morgan fingerprint density at radius 3 is 1.59 bits per heavy atom. The van der Waals surface area contributed by atoms with E-state index in [1.54, 1.807) is 9.80 Å². The van der Waals surface area contributed by atoms with Gasteiger partial charge in [-0.05, 0) is 110 Å². The Morgan fingerprint density at radius 1 is 0.635 bits per heavy atom. The van der Waals surface area contributed by atoms with Crippen LogP contribution >= 0.6 is 0 Å². The number of rotatable bonds is 14. The van der Waals surface area contributed by atoms with Crippen LogP contribution in [0, 0.1) is 5.41 Å². The fourth-order valence-corrected chi connectivity index (χ4v) is 9.06. The molecule has 3 fully saturated rings. The second kappa shape index (κ2) is 20.3. The van der Waals surface area contributed by atoms with Crippen LogP contribution in [0.15, 0.2) is 109 Å². The number of likely N-dealkylation sites (tertiary alicyclic amines) is 3. The Bertz CT molecular complexity index is 2190. The summed E-state index contributed by atoms with van der Waals surface area (Å²) in [5, 5.41) is 8.77. The number of hydrogen-bond donors (Lipinski definition) is 3. The molecular weight excluding hydrogens is 795 g/mol. The van der Waals surface area contributed by atoms with Gasteiger partial charge >= 0.3 is 6.09 Å². The van der Waals surface area contributed by atoms with Crippen molar-refractivity contribution in [3.05, 3.63) is 126 Å². The summed E-state index contributed by atoms with van der Waals surface area (Å²) in [5.74, 6) is -0.741. The maximum Gasteiger partial charge on any atom is 0.407 e. The largest absolute Gasteiger partial charge is 0.453 e. The van der Waals surface area contributed by atoms with Gasteiger partial charge < -0.3 is 35.4 Å². The summed E-state index contributed by atoms with van der Waals surface area (Å²) in [6, 6.07) is 33.3. The fraction of sp³-hybridized carbons (Fsp3) is 0.420. The molecule has 0 unspecified atom stereocenters. The number of para-hydroxylation sites is 1. The lowest BCUT2D eigenvalue weighted by atomic mass is 9.85. The maximum atomic E-state index is 14.2. The van der Waals surface area contributed by atoms with Crippen LogP contribution in [0.1, 0.15) is 82.0 Å². The van der Waals surface area contributed by atoms with Crippen molar-refractivity contribution in [2.24, 2.45) is 5.41 Å². The monoisotopic (exact) mass is 855 g/mol. The highest BCUT2D eigenvalue weighted by molar-refractivity contribution is 5.99. The second-order valence-corrected chi connectivity index (χ2v) is 17.9. The number of methoxy groups -OCH3 is 1. The smallest absolute Gasteiger partial charge is 0.407 e. The van der Waals surface area contributed by atoms with Crippen LogP contribution < -0.4 is 20.9 Å². The molecule has 4 aromatic carbocycles. The lowest BCUT2D eigenvalue weighted by molar-refractivity contribution is -0.141. The lowest BCUT2D eigenvalue weighted by Crippen LogP contribution is -2.57. The molecule has 3 aliphatic heterocycles. The Hall–Kier alpha value is -6.21. The van der Waals surface area contributed by atoms with Gasteiger partial charge in [0, 0.05) is 43.2 Å². The number of amides is 5. The topological polar surface area (TPSA) is 144 Å². The molecule has 4 atom stereocenters. The number of ether oxygens (including phenoxy) is 1. The van der Waals surface area contributed by atoms with E-state index in [1.165, 1.54) is 7.11 Å². The highest BCUT2D eigenvalue weighted by Gasteiger charge is 2.43. The van der Waals surface area contributed by atoms with E-state index in [-0.39, 0.29) is 29.7 Å². The van der Waals surface area contributed by atoms with Crippen molar-refractivity contribution in [1.29, 1.82) is 0 Å². The lowest BCUT2D eigenvalue weighted by Gasteiger charge is -2.35. The van der Waals surface area contributed by atoms with Crippen molar-refractivity contribution in [1.82, 2.24) is 20.0 Å². The van der Waals surface area contributed by atoms with Crippen LogP contribution in [0.25, 0.3) is 0 Å². The van der Waals surface area contributed by atoms with Crippen molar-refractivity contribution in [3.63, 3.8) is 0 Å². The summed E-state index contributed by atoms with van der Waals surface area (Å²) in [4.78, 5) is 75.2. The number of nitrogens with one attached hydrogen (secondary N) is 3. The van der Waals surface area contributed by atoms with Crippen molar-refractivity contribution >= 4 is 46.8 Å². The first-order valence-corrected chi connectivity index (χ1v) is 22.2. The van der Waals surface area contributed by atoms with E-state index in [2.05, 4.69) is 37.9 Å². The Kier molecular flexibility index (Phi) is 14.5. The molecule has 7 rings (SSSR count). The minimum atomic E-state index is -0.853. The van der Waals surface area contributed by atoms with Crippen molar-refractivity contribution in [2.75, 3.05) is 48.8 Å². The fourth-order valence-electron chi connectivity index (χ4n) is 9.06. The number of hydrogen-bond acceptors (Lipinski definition) is 8. The molecule has 0 aliphatic carbocycles. The van der Waals surface area contributed by atoms with Gasteiger partial charge in [0.2, 0.25) is 23.6 Å². The number of anilines is 3. The van der Waals surface area contributed by atoms with Crippen LogP contribution in [0.4, 0.5) is 21.9 Å². The summed E-state index contributed by atoms with van der Waals surface area (Å²) in [6.07, 6.45) is 4.07. The molecule has 0 spiro atoms. The molecule has 3 aliphatic rings. The molecule has 0 radical (unpaired) electrons. The van der Waals surface area contributed by atoms with Crippen LogP contribution in [0.2, 0.25) is 0 Å². The summed E-state index contributed by atoms with van der Waals surface area (Å²) >= 11 is 0. The Morgan fingerprint density at radius 2 is 1.11 bits per heavy atom. The Labute approximate surface area is 371 Å². The molecule has 3 heterocycles. The normalized spacial score (nSPS) is 18.7. The van der Waals surface area contributed by atoms with E-state index in [9.17, 15) is 24.0 Å². The first kappa shape index (κ1) is 44.8. The number of alkyl carbamates (subject to hydrolysis) is 1. The molecule has 0 bridgehead atoms. The molecule has 0 saturated carbocycles. The van der Waals surface area contributed by atoms with E-state index in [0.717, 1.165) is 54.7 Å². The van der Waals surface area contributed by atoms with Gasteiger partial charge in [-0.25, -0.2) is 4.79 Å². The highest BCUT2D eigenvalue weighted by atomic mass is 16.5. The van der Waals surface area contributed by atoms with Crippen LogP contribution in [0.5, 0.6) is 0 Å². The Balaban J connectivity index is 0.970. The minimum Gasteiger partial charge on any atom is -0.453 e. The molecule has 3 N–H and O–H groups in total. The zero-order valence-electron chi connectivity index (χ0n) is 36.9. The third kappa shape index (κ3) is 11.1. The third-order valence-corrected chi connectivity index (χ3v) is 12.4. The molecule has 0 aromatic heterocycles. The predicted octanol–water partition coefficient (Wildman–Crippen LogP) is 7.36. The third-order valence-electron chi connectivity index (χ3n) is 12.4. The summed E-state index contributed by atoms with van der Waals surface area (Å²) in [7, 11) is 1.26. The molecule has 5 amide bonds. The quantitative estimate of drug-likeness (QED) is 0.120. The van der Waals surface area contributed by atoms with Gasteiger partial charge in [-0.2, -0.15) is 0 Å². The number of nitrogens with zero attached hydrogens (tertiary/aromatic N) is 4. The van der Waals surface area contributed by atoms with Gasteiger partial charge in [-0.1, -0.05) is 93.6 Å². The van der Waals surface area contributed by atoms with E-state index < -0.39 is 29.6 Å². The van der Waals surface area contributed by atoms with E-state index in [0.29, 0.717) is 56.8 Å². The molecule has 3 saturated heterocycles. The zero-order valence-corrected chi connectivity index (χ0v) is 36.9. The predicted molar refractivity (Wildman–Crippen MR) is 245 cm³/mol. The van der Waals surface area contributed by atoms with Gasteiger partial charge in [0.15, 0.2) is 0 Å². The number of carbonyl (C=O) groups excluding carboxylic acids is 5. The minimum absolute atomic E-state index is 0.00224. The van der Waals surface area contributed by atoms with Crippen LogP contribution in [-0.2, 0) is 37.0 Å². The molecule has 13 nitrogen and oxygen atoms in total.